The van der Waals surface area contributed by atoms with Crippen molar-refractivity contribution in [2.45, 2.75) is 40.7 Å². The molecule has 2 rings (SSSR count). The SMILES string of the molecule is Cc1cc(N)cc(-c2nnnn2CCC(C)(C)C)c1. The van der Waals surface area contributed by atoms with Crippen LogP contribution in [0.2, 0.25) is 0 Å². The molecule has 0 bridgehead atoms. The summed E-state index contributed by atoms with van der Waals surface area (Å²) in [7, 11) is 0. The first-order valence-corrected chi connectivity index (χ1v) is 6.49. The maximum absolute atomic E-state index is 5.88. The molecule has 102 valence electrons. The van der Waals surface area contributed by atoms with Crippen molar-refractivity contribution in [3.05, 3.63) is 23.8 Å². The second kappa shape index (κ2) is 4.99. The number of nitrogen functional groups attached to an aromatic ring is 1. The lowest BCUT2D eigenvalue weighted by Crippen LogP contribution is -2.12. The van der Waals surface area contributed by atoms with E-state index in [4.69, 9.17) is 5.73 Å². The third-order valence-electron chi connectivity index (χ3n) is 2.96. The lowest BCUT2D eigenvalue weighted by Gasteiger charge is -2.17. The molecule has 0 saturated carbocycles. The fourth-order valence-electron chi connectivity index (χ4n) is 1.95. The summed E-state index contributed by atoms with van der Waals surface area (Å²) >= 11 is 0. The molecule has 0 spiro atoms. The van der Waals surface area contributed by atoms with Crippen molar-refractivity contribution in [2.75, 3.05) is 5.73 Å². The first-order valence-electron chi connectivity index (χ1n) is 6.49. The highest BCUT2D eigenvalue weighted by Gasteiger charge is 2.14. The van der Waals surface area contributed by atoms with Crippen molar-refractivity contribution in [2.24, 2.45) is 5.41 Å². The molecule has 1 aromatic carbocycles. The maximum atomic E-state index is 5.88. The Bertz CT molecular complexity index is 545. The van der Waals surface area contributed by atoms with Crippen LogP contribution >= 0.6 is 0 Å². The summed E-state index contributed by atoms with van der Waals surface area (Å²) in [4.78, 5) is 0. The topological polar surface area (TPSA) is 69.6 Å². The zero-order valence-corrected chi connectivity index (χ0v) is 12.0. The van der Waals surface area contributed by atoms with Gasteiger partial charge in [-0.25, -0.2) is 4.68 Å². The molecule has 0 aliphatic heterocycles. The highest BCUT2D eigenvalue weighted by molar-refractivity contribution is 5.62. The number of hydrogen-bond donors (Lipinski definition) is 1. The van der Waals surface area contributed by atoms with Gasteiger partial charge in [0, 0.05) is 17.8 Å². The number of benzene rings is 1. The van der Waals surface area contributed by atoms with Crippen molar-refractivity contribution in [3.63, 3.8) is 0 Å². The average molecular weight is 259 g/mol. The zero-order chi connectivity index (χ0) is 14.0. The molecule has 5 nitrogen and oxygen atoms in total. The average Bonchev–Trinajstić information content (AvgIpc) is 2.72. The van der Waals surface area contributed by atoms with Gasteiger partial charge in [0.15, 0.2) is 5.82 Å². The summed E-state index contributed by atoms with van der Waals surface area (Å²) in [5, 5.41) is 12.0. The molecule has 19 heavy (non-hydrogen) atoms. The van der Waals surface area contributed by atoms with Crippen molar-refractivity contribution < 1.29 is 0 Å². The van der Waals surface area contributed by atoms with Crippen LogP contribution in [0.4, 0.5) is 5.69 Å². The Morgan fingerprint density at radius 3 is 2.58 bits per heavy atom. The molecular formula is C14H21N5. The van der Waals surface area contributed by atoms with Crippen LogP contribution in [0.3, 0.4) is 0 Å². The Morgan fingerprint density at radius 1 is 1.21 bits per heavy atom. The number of aromatic nitrogens is 4. The van der Waals surface area contributed by atoms with Crippen molar-refractivity contribution in [1.29, 1.82) is 0 Å². The van der Waals surface area contributed by atoms with Gasteiger partial charge >= 0.3 is 0 Å². The minimum atomic E-state index is 0.259. The molecule has 0 unspecified atom stereocenters. The van der Waals surface area contributed by atoms with E-state index in [1.165, 1.54) is 0 Å². The fourth-order valence-corrected chi connectivity index (χ4v) is 1.95. The quantitative estimate of drug-likeness (QED) is 0.860. The third kappa shape index (κ3) is 3.53. The molecule has 0 atom stereocenters. The third-order valence-corrected chi connectivity index (χ3v) is 2.96. The molecule has 0 radical (unpaired) electrons. The van der Waals surface area contributed by atoms with Crippen LogP contribution in [0.25, 0.3) is 11.4 Å². The Labute approximate surface area is 113 Å². The van der Waals surface area contributed by atoms with Gasteiger partial charge in [0.25, 0.3) is 0 Å². The smallest absolute Gasteiger partial charge is 0.182 e. The summed E-state index contributed by atoms with van der Waals surface area (Å²) < 4.78 is 1.85. The summed E-state index contributed by atoms with van der Waals surface area (Å²) in [6.45, 7) is 9.45. The van der Waals surface area contributed by atoms with E-state index in [1.54, 1.807) is 0 Å². The molecule has 5 heteroatoms. The van der Waals surface area contributed by atoms with E-state index < -0.39 is 0 Å². The Kier molecular flexibility index (Phi) is 3.55. The lowest BCUT2D eigenvalue weighted by atomic mass is 9.92. The molecule has 2 aromatic rings. The maximum Gasteiger partial charge on any atom is 0.182 e. The predicted molar refractivity (Wildman–Crippen MR) is 76.5 cm³/mol. The number of rotatable bonds is 3. The van der Waals surface area contributed by atoms with E-state index in [0.717, 1.165) is 35.6 Å². The Morgan fingerprint density at radius 2 is 1.95 bits per heavy atom. The highest BCUT2D eigenvalue weighted by Crippen LogP contribution is 2.23. The normalized spacial score (nSPS) is 11.8. The van der Waals surface area contributed by atoms with E-state index in [0.29, 0.717) is 0 Å². The van der Waals surface area contributed by atoms with E-state index in [9.17, 15) is 0 Å². The summed E-state index contributed by atoms with van der Waals surface area (Å²) in [6.07, 6.45) is 1.02. The number of anilines is 1. The number of hydrogen-bond acceptors (Lipinski definition) is 4. The molecule has 1 aromatic heterocycles. The van der Waals surface area contributed by atoms with Gasteiger partial charge in [-0.1, -0.05) is 20.8 Å². The van der Waals surface area contributed by atoms with Crippen molar-refractivity contribution in [1.82, 2.24) is 20.2 Å². The van der Waals surface area contributed by atoms with E-state index >= 15 is 0 Å². The van der Waals surface area contributed by atoms with Crippen LogP contribution in [0.5, 0.6) is 0 Å². The second-order valence-electron chi connectivity index (χ2n) is 6.17. The van der Waals surface area contributed by atoms with Gasteiger partial charge in [-0.05, 0) is 52.9 Å². The molecule has 0 aliphatic rings. The van der Waals surface area contributed by atoms with Crippen molar-refractivity contribution >= 4 is 5.69 Å². The number of nitrogens with zero attached hydrogens (tertiary/aromatic N) is 4. The first-order chi connectivity index (χ1) is 8.85. The van der Waals surface area contributed by atoms with Crippen LogP contribution in [-0.2, 0) is 6.54 Å². The molecule has 2 N–H and O–H groups in total. The molecule has 1 heterocycles. The largest absolute Gasteiger partial charge is 0.399 e. The second-order valence-corrected chi connectivity index (χ2v) is 6.17. The van der Waals surface area contributed by atoms with Crippen LogP contribution in [0.15, 0.2) is 18.2 Å². The standard InChI is InChI=1S/C14H21N5/c1-10-7-11(9-12(15)8-10)13-16-17-18-19(13)6-5-14(2,3)4/h7-9H,5-6,15H2,1-4H3. The summed E-state index contributed by atoms with van der Waals surface area (Å²) in [5.74, 6) is 0.777. The molecule has 0 amide bonds. The van der Waals surface area contributed by atoms with Crippen LogP contribution < -0.4 is 5.73 Å². The van der Waals surface area contributed by atoms with Crippen LogP contribution in [0, 0.1) is 12.3 Å². The fraction of sp³-hybridized carbons (Fsp3) is 0.500. The van der Waals surface area contributed by atoms with Gasteiger partial charge in [0.05, 0.1) is 0 Å². The highest BCUT2D eigenvalue weighted by atomic mass is 15.5. The Balaban J connectivity index is 2.28. The molecule has 0 fully saturated rings. The van der Waals surface area contributed by atoms with Crippen LogP contribution in [-0.4, -0.2) is 20.2 Å². The number of aryl methyl sites for hydroxylation is 2. The molecule has 0 saturated heterocycles. The molecular weight excluding hydrogens is 238 g/mol. The summed E-state index contributed by atoms with van der Waals surface area (Å²) in [6, 6.07) is 5.90. The monoisotopic (exact) mass is 259 g/mol. The first kappa shape index (κ1) is 13.5. The van der Waals surface area contributed by atoms with Gasteiger partial charge in [-0.2, -0.15) is 0 Å². The van der Waals surface area contributed by atoms with Gasteiger partial charge in [-0.3, -0.25) is 0 Å². The predicted octanol–water partition coefficient (Wildman–Crippen LogP) is 2.67. The van der Waals surface area contributed by atoms with Crippen molar-refractivity contribution in [3.8, 4) is 11.4 Å². The number of tetrazole rings is 1. The Hall–Kier alpha value is -1.91. The van der Waals surface area contributed by atoms with Gasteiger partial charge in [0.1, 0.15) is 0 Å². The minimum absolute atomic E-state index is 0.259. The van der Waals surface area contributed by atoms with Crippen LogP contribution in [0.1, 0.15) is 32.8 Å². The molecule has 0 aliphatic carbocycles. The van der Waals surface area contributed by atoms with E-state index in [2.05, 4.69) is 42.4 Å². The van der Waals surface area contributed by atoms with Gasteiger partial charge in [-0.15, -0.1) is 5.10 Å². The lowest BCUT2D eigenvalue weighted by molar-refractivity contribution is 0.340. The number of nitrogens with two attached hydrogens (primary N) is 1. The summed E-state index contributed by atoms with van der Waals surface area (Å²) in [5.41, 5.74) is 8.96. The zero-order valence-electron chi connectivity index (χ0n) is 12.0. The van der Waals surface area contributed by atoms with E-state index in [-0.39, 0.29) is 5.41 Å². The minimum Gasteiger partial charge on any atom is -0.399 e. The van der Waals surface area contributed by atoms with E-state index in [1.807, 2.05) is 23.7 Å². The van der Waals surface area contributed by atoms with Gasteiger partial charge < -0.3 is 5.73 Å². The van der Waals surface area contributed by atoms with Gasteiger partial charge in [0.2, 0.25) is 0 Å².